The third-order valence-electron chi connectivity index (χ3n) is 7.55. The van der Waals surface area contributed by atoms with E-state index in [9.17, 15) is 14.0 Å². The number of carbonyl (C=O) groups is 2. The Balaban J connectivity index is 1.51. The van der Waals surface area contributed by atoms with Gasteiger partial charge in [-0.15, -0.1) is 5.10 Å². The van der Waals surface area contributed by atoms with Gasteiger partial charge in [0.15, 0.2) is 0 Å². The Morgan fingerprint density at radius 1 is 0.949 bits per heavy atom. The normalized spacial score (nSPS) is 14.6. The zero-order valence-corrected chi connectivity index (χ0v) is 22.3. The number of anilines is 2. The van der Waals surface area contributed by atoms with Gasteiger partial charge in [-0.05, 0) is 55.3 Å². The highest BCUT2D eigenvalue weighted by atomic mass is 19.1. The first kappa shape index (κ1) is 26.3. The number of amides is 2. The molecule has 1 fully saturated rings. The molecule has 9 heteroatoms. The van der Waals surface area contributed by atoms with Crippen molar-refractivity contribution in [3.8, 4) is 0 Å². The van der Waals surface area contributed by atoms with Crippen molar-refractivity contribution in [2.45, 2.75) is 50.7 Å². The van der Waals surface area contributed by atoms with Crippen LogP contribution in [0.4, 0.5) is 15.8 Å². The Morgan fingerprint density at radius 3 is 2.36 bits per heavy atom. The average molecular weight is 529 g/mol. The van der Waals surface area contributed by atoms with E-state index >= 15 is 0 Å². The van der Waals surface area contributed by atoms with Gasteiger partial charge in [0.05, 0.1) is 5.52 Å². The van der Waals surface area contributed by atoms with Crippen molar-refractivity contribution in [3.05, 3.63) is 84.2 Å². The third-order valence-corrected chi connectivity index (χ3v) is 7.55. The van der Waals surface area contributed by atoms with E-state index in [-0.39, 0.29) is 24.9 Å². The van der Waals surface area contributed by atoms with Gasteiger partial charge in [0.25, 0.3) is 0 Å². The lowest BCUT2D eigenvalue weighted by Crippen LogP contribution is -2.60. The molecule has 4 aromatic rings. The maximum absolute atomic E-state index is 14.9. The van der Waals surface area contributed by atoms with Crippen molar-refractivity contribution < 1.29 is 14.0 Å². The van der Waals surface area contributed by atoms with Gasteiger partial charge in [0.2, 0.25) is 11.8 Å². The van der Waals surface area contributed by atoms with E-state index in [0.29, 0.717) is 29.6 Å². The van der Waals surface area contributed by atoms with E-state index in [1.807, 2.05) is 67.5 Å². The molecule has 0 spiro atoms. The minimum absolute atomic E-state index is 0.0227. The molecule has 2 amide bonds. The molecule has 0 radical (unpaired) electrons. The van der Waals surface area contributed by atoms with Crippen LogP contribution < -0.4 is 10.2 Å². The smallest absolute Gasteiger partial charge is 0.250 e. The van der Waals surface area contributed by atoms with E-state index in [2.05, 4.69) is 15.6 Å². The summed E-state index contributed by atoms with van der Waals surface area (Å²) in [6.07, 6.45) is 3.54. The quantitative estimate of drug-likeness (QED) is 0.348. The predicted molar refractivity (Wildman–Crippen MR) is 150 cm³/mol. The highest BCUT2D eigenvalue weighted by Crippen LogP contribution is 2.37. The van der Waals surface area contributed by atoms with Gasteiger partial charge in [-0.1, -0.05) is 54.8 Å². The Morgan fingerprint density at radius 2 is 1.64 bits per heavy atom. The third kappa shape index (κ3) is 5.48. The lowest BCUT2D eigenvalue weighted by molar-refractivity contribution is -0.149. The highest BCUT2D eigenvalue weighted by molar-refractivity contribution is 6.00. The molecule has 39 heavy (non-hydrogen) atoms. The van der Waals surface area contributed by atoms with Crippen molar-refractivity contribution >= 4 is 34.2 Å². The maximum Gasteiger partial charge on any atom is 0.250 e. The van der Waals surface area contributed by atoms with Crippen molar-refractivity contribution in [3.63, 3.8) is 0 Å². The number of nitrogens with one attached hydrogen (secondary N) is 1. The molecule has 1 aliphatic carbocycles. The van der Waals surface area contributed by atoms with Crippen molar-refractivity contribution in [2.75, 3.05) is 24.3 Å². The second-order valence-corrected chi connectivity index (χ2v) is 10.3. The monoisotopic (exact) mass is 528 g/mol. The summed E-state index contributed by atoms with van der Waals surface area (Å²) in [5.74, 6) is -0.978. The van der Waals surface area contributed by atoms with Crippen LogP contribution in [0.2, 0.25) is 0 Å². The molecule has 0 saturated heterocycles. The van der Waals surface area contributed by atoms with Gasteiger partial charge in [0.1, 0.15) is 23.4 Å². The van der Waals surface area contributed by atoms with Crippen LogP contribution in [-0.4, -0.2) is 51.3 Å². The second kappa shape index (κ2) is 11.2. The molecule has 1 aromatic heterocycles. The largest absolute Gasteiger partial charge is 0.378 e. The van der Waals surface area contributed by atoms with Crippen molar-refractivity contribution in [2.24, 2.45) is 0 Å². The number of rotatable bonds is 8. The first-order valence-corrected chi connectivity index (χ1v) is 13.3. The fourth-order valence-corrected chi connectivity index (χ4v) is 5.37. The molecule has 0 atom stereocenters. The Bertz CT molecular complexity index is 1460. The molecule has 0 aliphatic heterocycles. The number of aromatic nitrogens is 3. The minimum Gasteiger partial charge on any atom is -0.378 e. The van der Waals surface area contributed by atoms with E-state index in [1.165, 1.54) is 6.07 Å². The van der Waals surface area contributed by atoms with Crippen LogP contribution in [-0.2, 0) is 22.7 Å². The zero-order valence-electron chi connectivity index (χ0n) is 22.3. The summed E-state index contributed by atoms with van der Waals surface area (Å²) in [5, 5.41) is 11.4. The fraction of sp³-hybridized carbons (Fsp3) is 0.333. The Hall–Kier alpha value is -4.27. The number of carbonyl (C=O) groups excluding carboxylic acids is 2. The fourth-order valence-electron chi connectivity index (χ4n) is 5.37. The standard InChI is InChI=1S/C30H33FN6O2/c1-35(2)24-16-14-23(15-17-24)32-29(39)30(18-8-3-9-19-30)36(20-22-10-4-5-11-25(22)31)28(38)21-37-27-13-7-6-12-26(27)33-34-37/h4-7,10-17H,3,8-9,18-21H2,1-2H3,(H,32,39). The van der Waals surface area contributed by atoms with Gasteiger partial charge in [-0.2, -0.15) is 0 Å². The molecule has 1 saturated carbocycles. The molecular weight excluding hydrogens is 495 g/mol. The van der Waals surface area contributed by atoms with Crippen LogP contribution in [0.15, 0.2) is 72.8 Å². The summed E-state index contributed by atoms with van der Waals surface area (Å²) in [7, 11) is 3.91. The topological polar surface area (TPSA) is 83.4 Å². The van der Waals surface area contributed by atoms with E-state index in [0.717, 1.165) is 30.5 Å². The van der Waals surface area contributed by atoms with Gasteiger partial charge in [0, 0.05) is 37.6 Å². The van der Waals surface area contributed by atoms with Gasteiger partial charge >= 0.3 is 0 Å². The van der Waals surface area contributed by atoms with E-state index in [4.69, 9.17) is 0 Å². The molecule has 202 valence electrons. The molecule has 5 rings (SSSR count). The highest BCUT2D eigenvalue weighted by Gasteiger charge is 2.47. The van der Waals surface area contributed by atoms with Crippen LogP contribution in [0.3, 0.4) is 0 Å². The molecule has 0 bridgehead atoms. The lowest BCUT2D eigenvalue weighted by Gasteiger charge is -2.45. The number of fused-ring (bicyclic) bond motifs is 1. The number of hydrogen-bond donors (Lipinski definition) is 1. The molecule has 1 aliphatic rings. The van der Waals surface area contributed by atoms with Crippen LogP contribution >= 0.6 is 0 Å². The van der Waals surface area contributed by atoms with Gasteiger partial charge < -0.3 is 15.1 Å². The summed E-state index contributed by atoms with van der Waals surface area (Å²) in [5.41, 5.74) is 2.29. The molecule has 0 unspecified atom stereocenters. The summed E-state index contributed by atoms with van der Waals surface area (Å²) in [6, 6.07) is 21.4. The Kier molecular flexibility index (Phi) is 7.58. The first-order chi connectivity index (χ1) is 18.9. The second-order valence-electron chi connectivity index (χ2n) is 10.3. The van der Waals surface area contributed by atoms with Crippen molar-refractivity contribution in [1.82, 2.24) is 19.9 Å². The van der Waals surface area contributed by atoms with Crippen LogP contribution in [0, 0.1) is 5.82 Å². The lowest BCUT2D eigenvalue weighted by atomic mass is 9.78. The molecule has 1 N–H and O–H groups in total. The molecule has 8 nitrogen and oxygen atoms in total. The summed E-state index contributed by atoms with van der Waals surface area (Å²) in [4.78, 5) is 31.7. The number of halogens is 1. The van der Waals surface area contributed by atoms with E-state index in [1.54, 1.807) is 27.8 Å². The Labute approximate surface area is 227 Å². The summed E-state index contributed by atoms with van der Waals surface area (Å²) >= 11 is 0. The van der Waals surface area contributed by atoms with Crippen molar-refractivity contribution in [1.29, 1.82) is 0 Å². The first-order valence-electron chi connectivity index (χ1n) is 13.3. The van der Waals surface area contributed by atoms with Crippen LogP contribution in [0.1, 0.15) is 37.7 Å². The van der Waals surface area contributed by atoms with Gasteiger partial charge in [-0.3, -0.25) is 9.59 Å². The number of hydrogen-bond acceptors (Lipinski definition) is 5. The summed E-state index contributed by atoms with van der Waals surface area (Å²) < 4.78 is 16.4. The maximum atomic E-state index is 14.9. The number of benzene rings is 3. The number of nitrogens with zero attached hydrogens (tertiary/aromatic N) is 5. The van der Waals surface area contributed by atoms with Gasteiger partial charge in [-0.25, -0.2) is 9.07 Å². The van der Waals surface area contributed by atoms with Crippen LogP contribution in [0.25, 0.3) is 11.0 Å². The number of para-hydroxylation sites is 1. The average Bonchev–Trinajstić information content (AvgIpc) is 3.35. The van der Waals surface area contributed by atoms with Crippen LogP contribution in [0.5, 0.6) is 0 Å². The molecule has 3 aromatic carbocycles. The SMILES string of the molecule is CN(C)c1ccc(NC(=O)C2(N(Cc3ccccc3F)C(=O)Cn3nnc4ccccc43)CCCCC2)cc1. The minimum atomic E-state index is -1.13. The molecular formula is C30H33FN6O2. The molecule has 1 heterocycles. The van der Waals surface area contributed by atoms with E-state index < -0.39 is 11.4 Å². The zero-order chi connectivity index (χ0) is 27.4. The predicted octanol–water partition coefficient (Wildman–Crippen LogP) is 5.01. The summed E-state index contributed by atoms with van der Waals surface area (Å²) in [6.45, 7) is -0.132.